The standard InChI is InChI=1S/C22H22F2N6O/c1-12-13(2)28-22-20(27-12)19(17-4-3-15(23)9-18(17)24)29-21(14-5-7-31-8-6-14)30(22)16-10-25-26-11-16/h3-4,9-11,14,21H,5-8H2,1-2H3,(H,25,26). The molecule has 1 fully saturated rings. The topological polar surface area (TPSA) is 79.3 Å². The lowest BCUT2D eigenvalue weighted by Crippen LogP contribution is -2.43. The average Bonchev–Trinajstić information content (AvgIpc) is 3.29. The van der Waals surface area contributed by atoms with E-state index in [2.05, 4.69) is 10.2 Å². The number of aryl methyl sites for hydroxylation is 2. The number of nitrogens with one attached hydrogen (secondary N) is 1. The molecule has 0 aliphatic carbocycles. The van der Waals surface area contributed by atoms with Crippen molar-refractivity contribution in [2.75, 3.05) is 18.1 Å². The second-order valence-corrected chi connectivity index (χ2v) is 7.86. The maximum atomic E-state index is 14.8. The van der Waals surface area contributed by atoms with E-state index in [1.807, 2.05) is 18.7 Å². The van der Waals surface area contributed by atoms with Gasteiger partial charge in [-0.15, -0.1) is 0 Å². The Labute approximate surface area is 178 Å². The van der Waals surface area contributed by atoms with Crippen LogP contribution in [0.5, 0.6) is 0 Å². The molecule has 9 heteroatoms. The minimum Gasteiger partial charge on any atom is -0.381 e. The Morgan fingerprint density at radius 1 is 1.10 bits per heavy atom. The van der Waals surface area contributed by atoms with Gasteiger partial charge in [-0.25, -0.2) is 18.7 Å². The van der Waals surface area contributed by atoms with E-state index in [0.717, 1.165) is 36.0 Å². The minimum absolute atomic E-state index is 0.165. The number of benzene rings is 1. The Hall–Kier alpha value is -3.20. The summed E-state index contributed by atoms with van der Waals surface area (Å²) in [7, 11) is 0. The second-order valence-electron chi connectivity index (χ2n) is 7.86. The van der Waals surface area contributed by atoms with Gasteiger partial charge >= 0.3 is 0 Å². The van der Waals surface area contributed by atoms with Gasteiger partial charge in [0.25, 0.3) is 0 Å². The number of fused-ring (bicyclic) bond motifs is 1. The van der Waals surface area contributed by atoms with Gasteiger partial charge < -0.3 is 4.74 Å². The number of hydrogen-bond donors (Lipinski definition) is 1. The number of aliphatic imine (C=N–C) groups is 1. The Balaban J connectivity index is 1.75. The zero-order valence-corrected chi connectivity index (χ0v) is 17.3. The highest BCUT2D eigenvalue weighted by molar-refractivity contribution is 6.16. The van der Waals surface area contributed by atoms with E-state index < -0.39 is 11.6 Å². The number of ether oxygens (including phenoxy) is 1. The van der Waals surface area contributed by atoms with Crippen molar-refractivity contribution in [3.05, 3.63) is 64.9 Å². The maximum absolute atomic E-state index is 14.8. The fourth-order valence-corrected chi connectivity index (χ4v) is 4.15. The van der Waals surface area contributed by atoms with Crippen LogP contribution < -0.4 is 4.90 Å². The number of rotatable bonds is 3. The van der Waals surface area contributed by atoms with Gasteiger partial charge in [0.1, 0.15) is 23.5 Å². The number of aromatic amines is 1. The zero-order valence-electron chi connectivity index (χ0n) is 17.3. The predicted molar refractivity (Wildman–Crippen MR) is 112 cm³/mol. The molecule has 0 radical (unpaired) electrons. The Morgan fingerprint density at radius 2 is 1.87 bits per heavy atom. The van der Waals surface area contributed by atoms with Gasteiger partial charge in [0.05, 0.1) is 29.0 Å². The van der Waals surface area contributed by atoms with Crippen molar-refractivity contribution in [1.82, 2.24) is 20.2 Å². The van der Waals surface area contributed by atoms with E-state index in [1.165, 1.54) is 12.1 Å². The fraction of sp³-hybridized carbons (Fsp3) is 0.364. The van der Waals surface area contributed by atoms with Crippen LogP contribution in [-0.4, -0.2) is 45.3 Å². The van der Waals surface area contributed by atoms with Crippen molar-refractivity contribution < 1.29 is 13.5 Å². The molecule has 1 N–H and O–H groups in total. The third-order valence-electron chi connectivity index (χ3n) is 5.90. The lowest BCUT2D eigenvalue weighted by Gasteiger charge is -2.40. The fourth-order valence-electron chi connectivity index (χ4n) is 4.15. The third kappa shape index (κ3) is 3.48. The van der Waals surface area contributed by atoms with Crippen molar-refractivity contribution in [1.29, 1.82) is 0 Å². The quantitative estimate of drug-likeness (QED) is 0.691. The molecular formula is C22H22F2N6O. The number of halogens is 2. The van der Waals surface area contributed by atoms with Crippen LogP contribution in [0, 0.1) is 31.4 Å². The molecule has 2 aliphatic rings. The highest BCUT2D eigenvalue weighted by Crippen LogP contribution is 2.39. The minimum atomic E-state index is -0.674. The highest BCUT2D eigenvalue weighted by atomic mass is 19.1. The molecule has 1 atom stereocenters. The molecule has 160 valence electrons. The van der Waals surface area contributed by atoms with Crippen LogP contribution in [0.2, 0.25) is 0 Å². The van der Waals surface area contributed by atoms with E-state index in [4.69, 9.17) is 19.7 Å². The molecule has 0 bridgehead atoms. The van der Waals surface area contributed by atoms with Crippen LogP contribution in [0.15, 0.2) is 35.6 Å². The molecule has 0 spiro atoms. The van der Waals surface area contributed by atoms with Crippen molar-refractivity contribution in [3.63, 3.8) is 0 Å². The normalized spacial score (nSPS) is 19.3. The summed E-state index contributed by atoms with van der Waals surface area (Å²) < 4.78 is 34.0. The molecule has 7 nitrogen and oxygen atoms in total. The van der Waals surface area contributed by atoms with Crippen LogP contribution in [0.3, 0.4) is 0 Å². The summed E-state index contributed by atoms with van der Waals surface area (Å²) in [6.07, 6.45) is 4.78. The van der Waals surface area contributed by atoms with E-state index >= 15 is 0 Å². The summed E-state index contributed by atoms with van der Waals surface area (Å²) in [5.74, 6) is -0.550. The van der Waals surface area contributed by atoms with Gasteiger partial charge in [-0.1, -0.05) is 0 Å². The Morgan fingerprint density at radius 3 is 2.58 bits per heavy atom. The summed E-state index contributed by atoms with van der Waals surface area (Å²) in [6.45, 7) is 5.03. The first-order valence-corrected chi connectivity index (χ1v) is 10.3. The van der Waals surface area contributed by atoms with Gasteiger partial charge in [0.15, 0.2) is 5.82 Å². The van der Waals surface area contributed by atoms with Crippen LogP contribution in [0.25, 0.3) is 0 Å². The molecule has 1 aromatic carbocycles. The monoisotopic (exact) mass is 424 g/mol. The molecule has 1 unspecified atom stereocenters. The SMILES string of the molecule is Cc1nc2c(nc1C)N(c1cn[nH]c1)C(C1CCOCC1)N=C2c1ccc(F)cc1F. The maximum Gasteiger partial charge on any atom is 0.163 e. The largest absolute Gasteiger partial charge is 0.381 e. The van der Waals surface area contributed by atoms with Crippen LogP contribution >= 0.6 is 0 Å². The van der Waals surface area contributed by atoms with Crippen LogP contribution in [0.4, 0.5) is 20.3 Å². The summed E-state index contributed by atoms with van der Waals surface area (Å²) in [6, 6.07) is 3.53. The van der Waals surface area contributed by atoms with Gasteiger partial charge in [0, 0.05) is 37.0 Å². The number of nitrogens with zero attached hydrogens (tertiary/aromatic N) is 5. The molecule has 2 aliphatic heterocycles. The molecule has 1 saturated heterocycles. The van der Waals surface area contributed by atoms with Gasteiger partial charge in [-0.2, -0.15) is 5.10 Å². The lowest BCUT2D eigenvalue weighted by atomic mass is 9.93. The molecule has 2 aromatic heterocycles. The number of anilines is 2. The highest BCUT2D eigenvalue weighted by Gasteiger charge is 2.38. The van der Waals surface area contributed by atoms with Crippen molar-refractivity contribution in [3.8, 4) is 0 Å². The Bertz CT molecular complexity index is 1140. The number of hydrogen-bond acceptors (Lipinski definition) is 6. The van der Waals surface area contributed by atoms with E-state index in [1.54, 1.807) is 12.4 Å². The van der Waals surface area contributed by atoms with E-state index in [9.17, 15) is 8.78 Å². The molecular weight excluding hydrogens is 402 g/mol. The molecule has 3 aromatic rings. The predicted octanol–water partition coefficient (Wildman–Crippen LogP) is 3.84. The molecule has 0 saturated carbocycles. The first-order valence-electron chi connectivity index (χ1n) is 10.3. The summed E-state index contributed by atoms with van der Waals surface area (Å²) >= 11 is 0. The number of aromatic nitrogens is 4. The average molecular weight is 424 g/mol. The third-order valence-corrected chi connectivity index (χ3v) is 5.90. The van der Waals surface area contributed by atoms with Crippen molar-refractivity contribution >= 4 is 17.2 Å². The second kappa shape index (κ2) is 7.81. The molecule has 5 rings (SSSR count). The number of H-pyrrole nitrogens is 1. The van der Waals surface area contributed by atoms with Crippen molar-refractivity contribution in [2.45, 2.75) is 32.9 Å². The van der Waals surface area contributed by atoms with E-state index in [0.29, 0.717) is 30.4 Å². The first kappa shape index (κ1) is 19.7. The smallest absolute Gasteiger partial charge is 0.163 e. The lowest BCUT2D eigenvalue weighted by molar-refractivity contribution is 0.0592. The van der Waals surface area contributed by atoms with E-state index in [-0.39, 0.29) is 17.6 Å². The Kier molecular flexibility index (Phi) is 4.97. The summed E-state index contributed by atoms with van der Waals surface area (Å²) in [5, 5.41) is 6.95. The van der Waals surface area contributed by atoms with Gasteiger partial charge in [-0.3, -0.25) is 15.0 Å². The molecule has 31 heavy (non-hydrogen) atoms. The zero-order chi connectivity index (χ0) is 21.5. The van der Waals surface area contributed by atoms with Crippen LogP contribution in [-0.2, 0) is 4.74 Å². The summed E-state index contributed by atoms with van der Waals surface area (Å²) in [4.78, 5) is 16.6. The van der Waals surface area contributed by atoms with Gasteiger partial charge in [0.2, 0.25) is 0 Å². The molecule has 4 heterocycles. The van der Waals surface area contributed by atoms with Crippen LogP contribution in [0.1, 0.15) is 35.5 Å². The molecule has 0 amide bonds. The first-order chi connectivity index (χ1) is 15.0. The van der Waals surface area contributed by atoms with Gasteiger partial charge in [-0.05, 0) is 38.8 Å². The van der Waals surface area contributed by atoms with Crippen molar-refractivity contribution in [2.24, 2.45) is 10.9 Å². The summed E-state index contributed by atoms with van der Waals surface area (Å²) in [5.41, 5.74) is 3.38.